The van der Waals surface area contributed by atoms with Crippen molar-refractivity contribution in [2.24, 2.45) is 11.3 Å². The van der Waals surface area contributed by atoms with E-state index in [-0.39, 0.29) is 11.2 Å². The van der Waals surface area contributed by atoms with Gasteiger partial charge in [0.25, 0.3) is 0 Å². The lowest BCUT2D eigenvalue weighted by Gasteiger charge is -2.29. The van der Waals surface area contributed by atoms with Crippen LogP contribution >= 0.6 is 27.5 Å². The van der Waals surface area contributed by atoms with Crippen LogP contribution in [0, 0.1) is 17.2 Å². The SMILES string of the molecule is CC(C)(C)C(CBr)Cc1c(F)cccc1Cl. The molecule has 1 aromatic rings. The van der Waals surface area contributed by atoms with Crippen molar-refractivity contribution in [1.82, 2.24) is 0 Å². The Balaban J connectivity index is 2.95. The third-order valence-electron chi connectivity index (χ3n) is 2.92. The molecule has 0 heterocycles. The van der Waals surface area contributed by atoms with Crippen LogP contribution < -0.4 is 0 Å². The summed E-state index contributed by atoms with van der Waals surface area (Å²) < 4.78 is 13.6. The fraction of sp³-hybridized carbons (Fsp3) is 0.538. The maximum absolute atomic E-state index is 13.6. The van der Waals surface area contributed by atoms with Crippen LogP contribution in [-0.2, 0) is 6.42 Å². The standard InChI is InChI=1S/C13H17BrClF/c1-13(2,3)9(8-14)7-10-11(15)5-4-6-12(10)16/h4-6,9H,7-8H2,1-3H3. The Morgan fingerprint density at radius 1 is 1.38 bits per heavy atom. The molecule has 3 heteroatoms. The van der Waals surface area contributed by atoms with E-state index < -0.39 is 0 Å². The van der Waals surface area contributed by atoms with Crippen molar-refractivity contribution in [2.75, 3.05) is 5.33 Å². The molecule has 0 aliphatic heterocycles. The summed E-state index contributed by atoms with van der Waals surface area (Å²) in [4.78, 5) is 0. The maximum Gasteiger partial charge on any atom is 0.127 e. The maximum atomic E-state index is 13.6. The lowest BCUT2D eigenvalue weighted by molar-refractivity contribution is 0.265. The van der Waals surface area contributed by atoms with Crippen molar-refractivity contribution in [3.63, 3.8) is 0 Å². The number of halogens is 3. The van der Waals surface area contributed by atoms with Crippen molar-refractivity contribution in [3.8, 4) is 0 Å². The first-order valence-corrected chi connectivity index (χ1v) is 6.85. The molecule has 1 unspecified atom stereocenters. The molecule has 0 nitrogen and oxygen atoms in total. The van der Waals surface area contributed by atoms with Crippen LogP contribution in [0.5, 0.6) is 0 Å². The van der Waals surface area contributed by atoms with Gasteiger partial charge in [-0.2, -0.15) is 0 Å². The van der Waals surface area contributed by atoms with E-state index in [1.165, 1.54) is 6.07 Å². The monoisotopic (exact) mass is 306 g/mol. The minimum Gasteiger partial charge on any atom is -0.207 e. The van der Waals surface area contributed by atoms with Crippen molar-refractivity contribution in [3.05, 3.63) is 34.6 Å². The molecule has 0 fully saturated rings. The predicted octanol–water partition coefficient (Wildman–Crippen LogP) is 5.08. The largest absolute Gasteiger partial charge is 0.207 e. The third-order valence-corrected chi connectivity index (χ3v) is 4.06. The molecular weight excluding hydrogens is 290 g/mol. The lowest BCUT2D eigenvalue weighted by atomic mass is 9.78. The van der Waals surface area contributed by atoms with E-state index in [1.807, 2.05) is 0 Å². The van der Waals surface area contributed by atoms with Crippen LogP contribution in [0.1, 0.15) is 26.3 Å². The molecule has 1 aromatic carbocycles. The summed E-state index contributed by atoms with van der Waals surface area (Å²) in [6, 6.07) is 4.85. The Kier molecular flexibility index (Phi) is 4.81. The summed E-state index contributed by atoms with van der Waals surface area (Å²) in [7, 11) is 0. The Hall–Kier alpha value is -0.0800. The molecular formula is C13H17BrClF. The van der Waals surface area contributed by atoms with E-state index in [1.54, 1.807) is 12.1 Å². The van der Waals surface area contributed by atoms with E-state index in [2.05, 4.69) is 36.7 Å². The van der Waals surface area contributed by atoms with E-state index in [0.29, 0.717) is 22.9 Å². The molecule has 0 saturated heterocycles. The van der Waals surface area contributed by atoms with E-state index >= 15 is 0 Å². The highest BCUT2D eigenvalue weighted by molar-refractivity contribution is 9.09. The van der Waals surface area contributed by atoms with Gasteiger partial charge in [-0.05, 0) is 29.9 Å². The van der Waals surface area contributed by atoms with Gasteiger partial charge in [0.15, 0.2) is 0 Å². The fourth-order valence-corrected chi connectivity index (χ4v) is 3.01. The molecule has 0 spiro atoms. The second-order valence-electron chi connectivity index (χ2n) is 5.12. The highest BCUT2D eigenvalue weighted by Crippen LogP contribution is 2.33. The molecule has 0 aliphatic rings. The van der Waals surface area contributed by atoms with Crippen molar-refractivity contribution < 1.29 is 4.39 Å². The molecule has 0 bridgehead atoms. The third kappa shape index (κ3) is 3.46. The predicted molar refractivity (Wildman–Crippen MR) is 71.9 cm³/mol. The highest BCUT2D eigenvalue weighted by atomic mass is 79.9. The Morgan fingerprint density at radius 2 is 2.00 bits per heavy atom. The number of rotatable bonds is 3. The van der Waals surface area contributed by atoms with Gasteiger partial charge in [-0.15, -0.1) is 0 Å². The minimum atomic E-state index is -0.206. The van der Waals surface area contributed by atoms with Crippen LogP contribution in [0.15, 0.2) is 18.2 Å². The molecule has 1 rings (SSSR count). The normalized spacial score (nSPS) is 13.9. The number of alkyl halides is 1. The van der Waals surface area contributed by atoms with Gasteiger partial charge >= 0.3 is 0 Å². The van der Waals surface area contributed by atoms with Crippen LogP contribution in [-0.4, -0.2) is 5.33 Å². The summed E-state index contributed by atoms with van der Waals surface area (Å²) in [6.45, 7) is 6.48. The Bertz CT molecular complexity index is 337. The topological polar surface area (TPSA) is 0 Å². The van der Waals surface area contributed by atoms with E-state index in [4.69, 9.17) is 11.6 Å². The molecule has 16 heavy (non-hydrogen) atoms. The fourth-order valence-electron chi connectivity index (χ4n) is 1.57. The van der Waals surface area contributed by atoms with Gasteiger partial charge in [-0.1, -0.05) is 54.4 Å². The van der Waals surface area contributed by atoms with Crippen LogP contribution in [0.3, 0.4) is 0 Å². The van der Waals surface area contributed by atoms with Gasteiger partial charge in [-0.25, -0.2) is 4.39 Å². The molecule has 0 saturated carbocycles. The van der Waals surface area contributed by atoms with Gasteiger partial charge in [0.05, 0.1) is 0 Å². The lowest BCUT2D eigenvalue weighted by Crippen LogP contribution is -2.24. The van der Waals surface area contributed by atoms with Crippen molar-refractivity contribution >= 4 is 27.5 Å². The van der Waals surface area contributed by atoms with Crippen LogP contribution in [0.4, 0.5) is 4.39 Å². The summed E-state index contributed by atoms with van der Waals surface area (Å²) in [5.41, 5.74) is 0.762. The van der Waals surface area contributed by atoms with E-state index in [9.17, 15) is 4.39 Å². The Labute approximate surface area is 110 Å². The van der Waals surface area contributed by atoms with Crippen LogP contribution in [0.25, 0.3) is 0 Å². The average molecular weight is 308 g/mol. The second-order valence-corrected chi connectivity index (χ2v) is 6.18. The van der Waals surface area contributed by atoms with Gasteiger partial charge in [0.2, 0.25) is 0 Å². The zero-order valence-corrected chi connectivity index (χ0v) is 12.2. The van der Waals surface area contributed by atoms with Gasteiger partial charge < -0.3 is 0 Å². The summed E-state index contributed by atoms with van der Waals surface area (Å²) in [6.07, 6.45) is 0.667. The molecule has 90 valence electrons. The molecule has 0 N–H and O–H groups in total. The van der Waals surface area contributed by atoms with Gasteiger partial charge in [0.1, 0.15) is 5.82 Å². The number of hydrogen-bond donors (Lipinski definition) is 0. The summed E-state index contributed by atoms with van der Waals surface area (Å²) in [5, 5.41) is 1.37. The first-order valence-electron chi connectivity index (χ1n) is 5.35. The first-order chi connectivity index (χ1) is 7.36. The Morgan fingerprint density at radius 3 is 2.44 bits per heavy atom. The quantitative estimate of drug-likeness (QED) is 0.683. The molecule has 1 atom stereocenters. The zero-order chi connectivity index (χ0) is 12.3. The number of benzene rings is 1. The number of hydrogen-bond acceptors (Lipinski definition) is 0. The van der Waals surface area contributed by atoms with Gasteiger partial charge in [-0.3, -0.25) is 0 Å². The zero-order valence-electron chi connectivity index (χ0n) is 9.86. The summed E-state index contributed by atoms with van der Waals surface area (Å²) >= 11 is 9.52. The van der Waals surface area contributed by atoms with Crippen LogP contribution in [0.2, 0.25) is 5.02 Å². The highest BCUT2D eigenvalue weighted by Gasteiger charge is 2.25. The van der Waals surface area contributed by atoms with E-state index in [0.717, 1.165) is 5.33 Å². The smallest absolute Gasteiger partial charge is 0.127 e. The second kappa shape index (κ2) is 5.50. The molecule has 0 radical (unpaired) electrons. The summed E-state index contributed by atoms with van der Waals surface area (Å²) in [5.74, 6) is 0.157. The first kappa shape index (κ1) is 14.0. The van der Waals surface area contributed by atoms with Crippen molar-refractivity contribution in [1.29, 1.82) is 0 Å². The molecule has 0 amide bonds. The average Bonchev–Trinajstić information content (AvgIpc) is 2.15. The minimum absolute atomic E-state index is 0.134. The van der Waals surface area contributed by atoms with Gasteiger partial charge in [0, 0.05) is 15.9 Å². The molecule has 0 aliphatic carbocycles. The van der Waals surface area contributed by atoms with Crippen molar-refractivity contribution in [2.45, 2.75) is 27.2 Å². The molecule has 0 aromatic heterocycles.